The van der Waals surface area contributed by atoms with Crippen LogP contribution in [0, 0.1) is 0 Å². The fourth-order valence-corrected chi connectivity index (χ4v) is 3.08. The van der Waals surface area contributed by atoms with Crippen LogP contribution in [0.25, 0.3) is 0 Å². The summed E-state index contributed by atoms with van der Waals surface area (Å²) < 4.78 is 23.9. The van der Waals surface area contributed by atoms with Gasteiger partial charge in [0.2, 0.25) is 11.8 Å². The number of carbonyl (C=O) groups excluding carboxylic acids is 2. The van der Waals surface area contributed by atoms with Gasteiger partial charge in [0, 0.05) is 29.4 Å². The maximum Gasteiger partial charge on any atom is 0.257 e. The Labute approximate surface area is 147 Å². The van der Waals surface area contributed by atoms with Crippen LogP contribution in [-0.2, 0) is 19.6 Å². The first-order valence-electron chi connectivity index (χ1n) is 6.62. The number of carbonyl (C=O) groups is 2. The third-order valence-corrected chi connectivity index (χ3v) is 4.91. The molecule has 0 saturated carbocycles. The largest absolute Gasteiger partial charge is 0.302 e. The number of nitrogens with one attached hydrogen (secondary N) is 3. The van der Waals surface area contributed by atoms with Gasteiger partial charge in [0.25, 0.3) is 10.0 Å². The summed E-state index contributed by atoms with van der Waals surface area (Å²) in [7, 11) is -3.90. The highest BCUT2D eigenvalue weighted by atomic mass is 35.5. The number of benzene rings is 1. The molecule has 0 saturated heterocycles. The van der Waals surface area contributed by atoms with Gasteiger partial charge in [-0.15, -0.1) is 16.2 Å². The number of anilines is 1. The topological polar surface area (TPSA) is 117 Å². The Morgan fingerprint density at radius 1 is 1.12 bits per heavy atom. The molecule has 128 valence electrons. The molecule has 0 radical (unpaired) electrons. The van der Waals surface area contributed by atoms with Gasteiger partial charge in [-0.2, -0.15) is 0 Å². The predicted molar refractivity (Wildman–Crippen MR) is 89.9 cm³/mol. The molecule has 1 aromatic heterocycles. The highest BCUT2D eigenvalue weighted by Crippen LogP contribution is 2.13. The smallest absolute Gasteiger partial charge is 0.257 e. The molecule has 0 aliphatic carbocycles. The van der Waals surface area contributed by atoms with Gasteiger partial charge in [-0.1, -0.05) is 11.6 Å². The van der Waals surface area contributed by atoms with Gasteiger partial charge in [0.05, 0.1) is 4.90 Å². The molecule has 3 N–H and O–H groups in total. The van der Waals surface area contributed by atoms with Crippen molar-refractivity contribution in [2.24, 2.45) is 0 Å². The summed E-state index contributed by atoms with van der Waals surface area (Å²) in [4.78, 5) is 29.0. The molecular weight excluding hydrogens is 376 g/mol. The lowest BCUT2D eigenvalue weighted by molar-refractivity contribution is -0.124. The van der Waals surface area contributed by atoms with Gasteiger partial charge in [-0.05, 0) is 24.3 Å². The quantitative estimate of drug-likeness (QED) is 0.622. The molecule has 0 spiro atoms. The first-order valence-corrected chi connectivity index (χ1v) is 9.36. The molecule has 0 bridgehead atoms. The molecule has 0 fully saturated rings. The third kappa shape index (κ3) is 5.57. The Hall–Kier alpha value is -2.01. The lowest BCUT2D eigenvalue weighted by atomic mass is 10.3. The van der Waals surface area contributed by atoms with Gasteiger partial charge in [0.15, 0.2) is 5.13 Å². The normalized spacial score (nSPS) is 11.0. The SMILES string of the molecule is O=C(CCC(=O)Nc1nccs1)NNS(=O)(=O)c1ccc(Cl)cc1. The van der Waals surface area contributed by atoms with Crippen molar-refractivity contribution in [1.82, 2.24) is 15.2 Å². The number of nitrogens with zero attached hydrogens (tertiary/aromatic N) is 1. The van der Waals surface area contributed by atoms with Crippen molar-refractivity contribution in [1.29, 1.82) is 0 Å². The number of hydrogen-bond donors (Lipinski definition) is 3. The molecule has 2 rings (SSSR count). The number of amides is 2. The first kappa shape index (κ1) is 18.3. The van der Waals surface area contributed by atoms with E-state index in [1.54, 1.807) is 11.6 Å². The second-order valence-corrected chi connectivity index (χ2v) is 7.51. The van der Waals surface area contributed by atoms with E-state index in [-0.39, 0.29) is 23.6 Å². The van der Waals surface area contributed by atoms with E-state index in [9.17, 15) is 18.0 Å². The molecule has 2 amide bonds. The van der Waals surface area contributed by atoms with Crippen molar-refractivity contribution in [2.75, 3.05) is 5.32 Å². The Bertz CT molecular complexity index is 807. The van der Waals surface area contributed by atoms with Crippen LogP contribution in [0.1, 0.15) is 12.8 Å². The Kier molecular flexibility index (Phi) is 6.26. The number of rotatable bonds is 7. The van der Waals surface area contributed by atoms with Crippen LogP contribution >= 0.6 is 22.9 Å². The van der Waals surface area contributed by atoms with Crippen LogP contribution in [0.3, 0.4) is 0 Å². The van der Waals surface area contributed by atoms with Crippen LogP contribution in [0.4, 0.5) is 5.13 Å². The number of halogens is 1. The Morgan fingerprint density at radius 2 is 1.79 bits per heavy atom. The second-order valence-electron chi connectivity index (χ2n) is 4.49. The van der Waals surface area contributed by atoms with E-state index in [2.05, 4.69) is 10.3 Å². The molecule has 0 aliphatic rings. The van der Waals surface area contributed by atoms with E-state index in [1.807, 2.05) is 10.3 Å². The average Bonchev–Trinajstić information content (AvgIpc) is 3.04. The number of sulfonamides is 1. The standard InChI is InChI=1S/C13H13ClN4O4S2/c14-9-1-3-10(4-2-9)24(21,22)18-17-12(20)6-5-11(19)16-13-15-7-8-23-13/h1-4,7-8,18H,5-6H2,(H,17,20)(H,15,16,19). The Morgan fingerprint density at radius 3 is 2.42 bits per heavy atom. The van der Waals surface area contributed by atoms with E-state index in [1.165, 1.54) is 35.6 Å². The van der Waals surface area contributed by atoms with Crippen LogP contribution in [0.2, 0.25) is 5.02 Å². The van der Waals surface area contributed by atoms with Crippen LogP contribution < -0.4 is 15.6 Å². The van der Waals surface area contributed by atoms with Crippen molar-refractivity contribution in [3.8, 4) is 0 Å². The summed E-state index contributed by atoms with van der Waals surface area (Å²) >= 11 is 6.94. The summed E-state index contributed by atoms with van der Waals surface area (Å²) in [5.74, 6) is -1.03. The Balaban J connectivity index is 1.78. The predicted octanol–water partition coefficient (Wildman–Crippen LogP) is 1.52. The number of thiazole rings is 1. The molecule has 11 heteroatoms. The maximum atomic E-state index is 11.9. The third-order valence-electron chi connectivity index (χ3n) is 2.71. The molecule has 8 nitrogen and oxygen atoms in total. The molecule has 1 aromatic carbocycles. The number of hydrazine groups is 1. The monoisotopic (exact) mass is 388 g/mol. The van der Waals surface area contributed by atoms with Crippen molar-refractivity contribution < 1.29 is 18.0 Å². The zero-order valence-electron chi connectivity index (χ0n) is 12.2. The lowest BCUT2D eigenvalue weighted by Gasteiger charge is -2.08. The molecule has 24 heavy (non-hydrogen) atoms. The van der Waals surface area contributed by atoms with E-state index < -0.39 is 15.9 Å². The maximum absolute atomic E-state index is 11.9. The van der Waals surface area contributed by atoms with Gasteiger partial charge in [-0.3, -0.25) is 15.0 Å². The van der Waals surface area contributed by atoms with Crippen LogP contribution in [-0.4, -0.2) is 25.2 Å². The van der Waals surface area contributed by atoms with Gasteiger partial charge >= 0.3 is 0 Å². The minimum atomic E-state index is -3.90. The van der Waals surface area contributed by atoms with Gasteiger partial charge in [0.1, 0.15) is 0 Å². The molecular formula is C13H13ClN4O4S2. The minimum absolute atomic E-state index is 0.0475. The second kappa shape index (κ2) is 8.20. The minimum Gasteiger partial charge on any atom is -0.302 e. The molecule has 2 aromatic rings. The van der Waals surface area contributed by atoms with Crippen molar-refractivity contribution in [2.45, 2.75) is 17.7 Å². The molecule has 0 aliphatic heterocycles. The summed E-state index contributed by atoms with van der Waals surface area (Å²) in [6.07, 6.45) is 1.26. The highest BCUT2D eigenvalue weighted by molar-refractivity contribution is 7.89. The van der Waals surface area contributed by atoms with Crippen LogP contribution in [0.15, 0.2) is 40.7 Å². The number of aromatic nitrogens is 1. The fourth-order valence-electron chi connectivity index (χ4n) is 1.55. The fraction of sp³-hybridized carbons (Fsp3) is 0.154. The summed E-state index contributed by atoms with van der Waals surface area (Å²) in [5, 5.41) is 5.05. The molecule has 1 heterocycles. The lowest BCUT2D eigenvalue weighted by Crippen LogP contribution is -2.41. The van der Waals surface area contributed by atoms with E-state index in [4.69, 9.17) is 11.6 Å². The first-order chi connectivity index (χ1) is 11.4. The van der Waals surface area contributed by atoms with Crippen molar-refractivity contribution >= 4 is 49.9 Å². The summed E-state index contributed by atoms with van der Waals surface area (Å²) in [5.41, 5.74) is 2.05. The zero-order valence-corrected chi connectivity index (χ0v) is 14.5. The van der Waals surface area contributed by atoms with Crippen molar-refractivity contribution in [3.05, 3.63) is 40.9 Å². The van der Waals surface area contributed by atoms with Crippen LogP contribution in [0.5, 0.6) is 0 Å². The van der Waals surface area contributed by atoms with Gasteiger partial charge in [-0.25, -0.2) is 13.4 Å². The van der Waals surface area contributed by atoms with E-state index in [0.29, 0.717) is 10.2 Å². The average molecular weight is 389 g/mol. The molecule has 0 unspecified atom stereocenters. The van der Waals surface area contributed by atoms with Gasteiger partial charge < -0.3 is 5.32 Å². The van der Waals surface area contributed by atoms with Crippen molar-refractivity contribution in [3.63, 3.8) is 0 Å². The summed E-state index contributed by atoms with van der Waals surface area (Å²) in [6.45, 7) is 0. The number of hydrogen-bond acceptors (Lipinski definition) is 6. The zero-order chi connectivity index (χ0) is 17.6. The highest BCUT2D eigenvalue weighted by Gasteiger charge is 2.15. The van der Waals surface area contributed by atoms with E-state index >= 15 is 0 Å². The molecule has 0 atom stereocenters. The summed E-state index contributed by atoms with van der Waals surface area (Å²) in [6, 6.07) is 5.44. The van der Waals surface area contributed by atoms with E-state index in [0.717, 1.165) is 0 Å².